The SMILES string of the molecule is O=C(/N=c1\[nH]c2cnc(OCCN3CCCCC3)cc2n1[C@H]1CC[C@@H](C(=O)O)CC1)c1ccccc1. The van der Waals surface area contributed by atoms with Crippen LogP contribution < -0.4 is 10.4 Å². The predicted octanol–water partition coefficient (Wildman–Crippen LogP) is 3.79. The number of nitrogens with one attached hydrogen (secondary N) is 1. The van der Waals surface area contributed by atoms with Gasteiger partial charge in [-0.05, 0) is 63.7 Å². The topological polar surface area (TPSA) is 113 Å². The van der Waals surface area contributed by atoms with Gasteiger partial charge in [-0.15, -0.1) is 0 Å². The standard InChI is InChI=1S/C27H33N5O4/c33-25(19-7-3-1-4-8-19)30-27-29-22-18-28-24(36-16-15-31-13-5-2-6-14-31)17-23(22)32(27)21-11-9-20(10-12-21)26(34)35/h1,3-4,7-8,17-18,20-21H,2,5-6,9-16H2,(H,34,35)(H,29,30,33)/t20-,21+. The van der Waals surface area contributed by atoms with Crippen LogP contribution in [0.1, 0.15) is 61.3 Å². The molecule has 1 saturated carbocycles. The first kappa shape index (κ1) is 24.2. The molecule has 1 aliphatic carbocycles. The number of carbonyl (C=O) groups excluding carboxylic acids is 1. The number of hydrogen-bond acceptors (Lipinski definition) is 5. The Balaban J connectivity index is 1.44. The molecule has 190 valence electrons. The normalized spacial score (nSPS) is 21.5. The number of fused-ring (bicyclic) bond motifs is 1. The molecule has 0 radical (unpaired) electrons. The molecule has 3 heterocycles. The van der Waals surface area contributed by atoms with E-state index in [1.54, 1.807) is 18.3 Å². The van der Waals surface area contributed by atoms with Gasteiger partial charge in [0, 0.05) is 24.2 Å². The van der Waals surface area contributed by atoms with Crippen LogP contribution in [0, 0.1) is 5.92 Å². The number of likely N-dealkylation sites (tertiary alicyclic amines) is 1. The molecule has 3 aromatic rings. The summed E-state index contributed by atoms with van der Waals surface area (Å²) in [4.78, 5) is 39.0. The van der Waals surface area contributed by atoms with E-state index in [4.69, 9.17) is 4.74 Å². The molecule has 9 nitrogen and oxygen atoms in total. The van der Waals surface area contributed by atoms with Gasteiger partial charge in [0.1, 0.15) is 6.61 Å². The number of aromatic amines is 1. The summed E-state index contributed by atoms with van der Waals surface area (Å²) in [5.41, 5.74) is 2.58. The predicted molar refractivity (Wildman–Crippen MR) is 135 cm³/mol. The Hall–Kier alpha value is -3.46. The van der Waals surface area contributed by atoms with Crippen molar-refractivity contribution in [1.82, 2.24) is 19.4 Å². The summed E-state index contributed by atoms with van der Waals surface area (Å²) in [7, 11) is 0. The molecule has 5 rings (SSSR count). The van der Waals surface area contributed by atoms with Crippen LogP contribution in [0.15, 0.2) is 47.6 Å². The number of amides is 1. The Morgan fingerprint density at radius 1 is 1.08 bits per heavy atom. The zero-order chi connectivity index (χ0) is 24.9. The van der Waals surface area contributed by atoms with E-state index >= 15 is 0 Å². The number of pyridine rings is 1. The second-order valence-electron chi connectivity index (χ2n) is 9.74. The number of imidazole rings is 1. The highest BCUT2D eigenvalue weighted by atomic mass is 16.5. The molecular weight excluding hydrogens is 458 g/mol. The van der Waals surface area contributed by atoms with Crippen LogP contribution in [0.5, 0.6) is 5.88 Å². The van der Waals surface area contributed by atoms with E-state index in [1.165, 1.54) is 19.3 Å². The minimum Gasteiger partial charge on any atom is -0.481 e. The van der Waals surface area contributed by atoms with Crippen LogP contribution in [-0.2, 0) is 4.79 Å². The maximum absolute atomic E-state index is 12.9. The second-order valence-corrected chi connectivity index (χ2v) is 9.74. The number of rotatable bonds is 7. The van der Waals surface area contributed by atoms with Crippen LogP contribution in [0.25, 0.3) is 11.0 Å². The maximum atomic E-state index is 12.9. The zero-order valence-electron chi connectivity index (χ0n) is 20.4. The van der Waals surface area contributed by atoms with E-state index in [1.807, 2.05) is 28.8 Å². The van der Waals surface area contributed by atoms with E-state index in [9.17, 15) is 14.7 Å². The van der Waals surface area contributed by atoms with Crippen LogP contribution in [-0.4, -0.2) is 62.7 Å². The molecule has 1 aliphatic heterocycles. The Morgan fingerprint density at radius 2 is 1.83 bits per heavy atom. The van der Waals surface area contributed by atoms with Gasteiger partial charge in [-0.2, -0.15) is 4.99 Å². The van der Waals surface area contributed by atoms with Crippen molar-refractivity contribution in [2.75, 3.05) is 26.2 Å². The monoisotopic (exact) mass is 491 g/mol. The van der Waals surface area contributed by atoms with Gasteiger partial charge >= 0.3 is 5.97 Å². The van der Waals surface area contributed by atoms with Crippen molar-refractivity contribution in [2.45, 2.75) is 51.0 Å². The van der Waals surface area contributed by atoms with Crippen molar-refractivity contribution in [2.24, 2.45) is 10.9 Å². The number of nitrogens with zero attached hydrogens (tertiary/aromatic N) is 4. The fraction of sp³-hybridized carbons (Fsp3) is 0.481. The molecule has 2 fully saturated rings. The first-order valence-corrected chi connectivity index (χ1v) is 12.9. The van der Waals surface area contributed by atoms with E-state index in [0.29, 0.717) is 49.4 Å². The molecule has 0 atom stereocenters. The highest BCUT2D eigenvalue weighted by Crippen LogP contribution is 2.33. The lowest BCUT2D eigenvalue weighted by molar-refractivity contribution is -0.143. The second kappa shape index (κ2) is 11.1. The molecule has 1 saturated heterocycles. The number of hydrogen-bond donors (Lipinski definition) is 2. The van der Waals surface area contributed by atoms with Crippen molar-refractivity contribution in [3.63, 3.8) is 0 Å². The third kappa shape index (κ3) is 5.51. The number of carbonyl (C=O) groups is 2. The Kier molecular flexibility index (Phi) is 7.46. The largest absolute Gasteiger partial charge is 0.481 e. The van der Waals surface area contributed by atoms with Gasteiger partial charge in [-0.25, -0.2) is 4.98 Å². The molecule has 2 N–H and O–H groups in total. The average molecular weight is 492 g/mol. The van der Waals surface area contributed by atoms with Gasteiger partial charge in [0.2, 0.25) is 11.5 Å². The van der Waals surface area contributed by atoms with Crippen molar-refractivity contribution in [1.29, 1.82) is 0 Å². The number of ether oxygens (including phenoxy) is 1. The molecule has 2 aliphatic rings. The molecule has 36 heavy (non-hydrogen) atoms. The van der Waals surface area contributed by atoms with Gasteiger partial charge in [0.15, 0.2) is 0 Å². The van der Waals surface area contributed by atoms with E-state index in [2.05, 4.69) is 19.9 Å². The summed E-state index contributed by atoms with van der Waals surface area (Å²) in [5, 5.41) is 9.44. The zero-order valence-corrected chi connectivity index (χ0v) is 20.4. The van der Waals surface area contributed by atoms with E-state index < -0.39 is 5.97 Å². The number of carboxylic acids is 1. The van der Waals surface area contributed by atoms with E-state index in [-0.39, 0.29) is 17.9 Å². The molecule has 1 amide bonds. The first-order chi connectivity index (χ1) is 17.6. The van der Waals surface area contributed by atoms with Crippen LogP contribution in [0.4, 0.5) is 0 Å². The van der Waals surface area contributed by atoms with Crippen LogP contribution in [0.2, 0.25) is 0 Å². The molecule has 9 heteroatoms. The number of aromatic nitrogens is 3. The first-order valence-electron chi connectivity index (χ1n) is 12.9. The number of piperidine rings is 1. The average Bonchev–Trinajstić information content (AvgIpc) is 3.27. The molecule has 0 spiro atoms. The minimum atomic E-state index is -0.741. The summed E-state index contributed by atoms with van der Waals surface area (Å²) < 4.78 is 8.05. The van der Waals surface area contributed by atoms with Gasteiger partial charge in [0.25, 0.3) is 5.91 Å². The third-order valence-electron chi connectivity index (χ3n) is 7.34. The van der Waals surface area contributed by atoms with Crippen LogP contribution >= 0.6 is 0 Å². The number of H-pyrrole nitrogens is 1. The molecule has 1 aromatic carbocycles. The van der Waals surface area contributed by atoms with Gasteiger partial charge in [0.05, 0.1) is 23.1 Å². The molecular formula is C27H33N5O4. The lowest BCUT2D eigenvalue weighted by Crippen LogP contribution is -2.33. The number of aliphatic carboxylic acids is 1. The number of benzene rings is 1. The summed E-state index contributed by atoms with van der Waals surface area (Å²) in [6.07, 6.45) is 8.09. The summed E-state index contributed by atoms with van der Waals surface area (Å²) in [6.45, 7) is 3.68. The van der Waals surface area contributed by atoms with Crippen molar-refractivity contribution >= 4 is 22.9 Å². The fourth-order valence-corrected chi connectivity index (χ4v) is 5.33. The minimum absolute atomic E-state index is 0.0280. The Morgan fingerprint density at radius 3 is 2.56 bits per heavy atom. The van der Waals surface area contributed by atoms with Crippen molar-refractivity contribution in [3.8, 4) is 5.88 Å². The van der Waals surface area contributed by atoms with Crippen LogP contribution in [0.3, 0.4) is 0 Å². The number of carboxylic acid groups (broad SMARTS) is 1. The van der Waals surface area contributed by atoms with Gasteiger partial charge < -0.3 is 19.4 Å². The third-order valence-corrected chi connectivity index (χ3v) is 7.34. The summed E-state index contributed by atoms with van der Waals surface area (Å²) in [6, 6.07) is 10.9. The maximum Gasteiger partial charge on any atom is 0.306 e. The molecule has 2 aromatic heterocycles. The highest BCUT2D eigenvalue weighted by molar-refractivity contribution is 5.94. The highest BCUT2D eigenvalue weighted by Gasteiger charge is 2.28. The smallest absolute Gasteiger partial charge is 0.306 e. The molecule has 0 unspecified atom stereocenters. The Labute approximate surface area is 209 Å². The van der Waals surface area contributed by atoms with Gasteiger partial charge in [-0.3, -0.25) is 14.5 Å². The summed E-state index contributed by atoms with van der Waals surface area (Å²) >= 11 is 0. The lowest BCUT2D eigenvalue weighted by Gasteiger charge is -2.27. The Bertz CT molecular complexity index is 1270. The fourth-order valence-electron chi connectivity index (χ4n) is 5.33. The summed E-state index contributed by atoms with van der Waals surface area (Å²) in [5.74, 6) is -0.864. The van der Waals surface area contributed by atoms with Crippen molar-refractivity contribution < 1.29 is 19.4 Å². The quantitative estimate of drug-likeness (QED) is 0.520. The lowest BCUT2D eigenvalue weighted by atomic mass is 9.86. The van der Waals surface area contributed by atoms with E-state index in [0.717, 1.165) is 30.7 Å². The molecule has 0 bridgehead atoms. The van der Waals surface area contributed by atoms with Crippen molar-refractivity contribution in [3.05, 3.63) is 53.8 Å². The van der Waals surface area contributed by atoms with Gasteiger partial charge in [-0.1, -0.05) is 24.6 Å².